The summed E-state index contributed by atoms with van der Waals surface area (Å²) in [4.78, 5) is 11.8. The first-order chi connectivity index (χ1) is 7.65. The van der Waals surface area contributed by atoms with E-state index < -0.39 is 0 Å². The maximum absolute atomic E-state index is 11.8. The molecular weight excluding hydrogens is 196 g/mol. The second-order valence-corrected chi connectivity index (χ2v) is 4.58. The lowest BCUT2D eigenvalue weighted by Gasteiger charge is -2.09. The van der Waals surface area contributed by atoms with Crippen molar-refractivity contribution in [3.05, 3.63) is 35.4 Å². The Bertz CT molecular complexity index is 341. The molecule has 0 aromatic heterocycles. The summed E-state index contributed by atoms with van der Waals surface area (Å²) in [5.74, 6) is 0.638. The van der Waals surface area contributed by atoms with Crippen molar-refractivity contribution >= 4 is 5.78 Å². The highest BCUT2D eigenvalue weighted by Crippen LogP contribution is 2.14. The number of hydrogen-bond acceptors (Lipinski definition) is 1. The van der Waals surface area contributed by atoms with Gasteiger partial charge in [0, 0.05) is 12.3 Å². The van der Waals surface area contributed by atoms with Gasteiger partial charge >= 0.3 is 0 Å². The third kappa shape index (κ3) is 3.80. The van der Waals surface area contributed by atoms with E-state index in [1.165, 1.54) is 11.1 Å². The van der Waals surface area contributed by atoms with E-state index in [1.54, 1.807) is 0 Å². The molecule has 0 aliphatic rings. The van der Waals surface area contributed by atoms with E-state index in [2.05, 4.69) is 26.0 Å². The third-order valence-electron chi connectivity index (χ3n) is 3.17. The smallest absolute Gasteiger partial charge is 0.136 e. The van der Waals surface area contributed by atoms with Gasteiger partial charge < -0.3 is 0 Å². The number of rotatable bonds is 6. The number of carbonyl (C=O) groups is 1. The summed E-state index contributed by atoms with van der Waals surface area (Å²) in [7, 11) is 0. The molecule has 0 aliphatic heterocycles. The molecule has 88 valence electrons. The molecule has 1 atom stereocenters. The number of hydrogen-bond donors (Lipinski definition) is 0. The van der Waals surface area contributed by atoms with Gasteiger partial charge in [-0.25, -0.2) is 0 Å². The molecule has 0 saturated carbocycles. The highest BCUT2D eigenvalue weighted by molar-refractivity contribution is 5.80. The van der Waals surface area contributed by atoms with E-state index in [0.29, 0.717) is 12.2 Å². The molecule has 0 amide bonds. The van der Waals surface area contributed by atoms with E-state index >= 15 is 0 Å². The van der Waals surface area contributed by atoms with Crippen LogP contribution in [0.25, 0.3) is 0 Å². The zero-order valence-electron chi connectivity index (χ0n) is 10.6. The Labute approximate surface area is 98.9 Å². The van der Waals surface area contributed by atoms with Gasteiger partial charge in [-0.2, -0.15) is 0 Å². The minimum absolute atomic E-state index is 0.231. The molecule has 0 bridgehead atoms. The molecule has 0 spiro atoms. The molecule has 16 heavy (non-hydrogen) atoms. The molecule has 0 fully saturated rings. The first-order valence-electron chi connectivity index (χ1n) is 6.22. The Kier molecular flexibility index (Phi) is 5.24. The van der Waals surface area contributed by atoms with Crippen molar-refractivity contribution in [2.24, 2.45) is 5.92 Å². The van der Waals surface area contributed by atoms with Gasteiger partial charge in [-0.3, -0.25) is 4.79 Å². The van der Waals surface area contributed by atoms with Crippen LogP contribution >= 0.6 is 0 Å². The van der Waals surface area contributed by atoms with Crippen LogP contribution in [0.2, 0.25) is 0 Å². The standard InChI is InChI=1S/C15H22O/c1-4-7-13(3)15(16)11-10-14-9-6-5-8-12(14)2/h5-6,8-9,13H,4,7,10-11H2,1-3H3. The number of benzene rings is 1. The van der Waals surface area contributed by atoms with E-state index in [0.717, 1.165) is 19.3 Å². The van der Waals surface area contributed by atoms with E-state index in [4.69, 9.17) is 0 Å². The lowest BCUT2D eigenvalue weighted by Crippen LogP contribution is -2.11. The fourth-order valence-electron chi connectivity index (χ4n) is 1.99. The number of Topliss-reactive ketones (excluding diaryl/α,β-unsaturated/α-hetero) is 1. The Balaban J connectivity index is 2.46. The fourth-order valence-corrected chi connectivity index (χ4v) is 1.99. The quantitative estimate of drug-likeness (QED) is 0.707. The second kappa shape index (κ2) is 6.47. The van der Waals surface area contributed by atoms with Gasteiger partial charge in [0.2, 0.25) is 0 Å². The molecule has 0 heterocycles. The van der Waals surface area contributed by atoms with Crippen LogP contribution in [-0.2, 0) is 11.2 Å². The minimum Gasteiger partial charge on any atom is -0.299 e. The molecule has 0 aliphatic carbocycles. The molecule has 1 heteroatoms. The van der Waals surface area contributed by atoms with Crippen molar-refractivity contribution in [3.63, 3.8) is 0 Å². The number of ketones is 1. The normalized spacial score (nSPS) is 12.4. The van der Waals surface area contributed by atoms with Crippen LogP contribution in [0.1, 0.15) is 44.2 Å². The Hall–Kier alpha value is -1.11. The number of carbonyl (C=O) groups excluding carboxylic acids is 1. The molecule has 0 saturated heterocycles. The van der Waals surface area contributed by atoms with Crippen LogP contribution in [0.15, 0.2) is 24.3 Å². The van der Waals surface area contributed by atoms with Crippen LogP contribution in [0.4, 0.5) is 0 Å². The van der Waals surface area contributed by atoms with Gasteiger partial charge in [0.25, 0.3) is 0 Å². The van der Waals surface area contributed by atoms with Gasteiger partial charge in [-0.1, -0.05) is 44.5 Å². The van der Waals surface area contributed by atoms with Gasteiger partial charge in [0.05, 0.1) is 0 Å². The van der Waals surface area contributed by atoms with E-state index in [1.807, 2.05) is 19.1 Å². The molecule has 1 unspecified atom stereocenters. The van der Waals surface area contributed by atoms with Crippen LogP contribution in [-0.4, -0.2) is 5.78 Å². The summed E-state index contributed by atoms with van der Waals surface area (Å²) in [5, 5.41) is 0. The lowest BCUT2D eigenvalue weighted by molar-refractivity contribution is -0.122. The van der Waals surface area contributed by atoms with Crippen LogP contribution in [0.5, 0.6) is 0 Å². The van der Waals surface area contributed by atoms with Gasteiger partial charge in [0.15, 0.2) is 0 Å². The molecule has 1 rings (SSSR count). The molecule has 0 radical (unpaired) electrons. The van der Waals surface area contributed by atoms with Gasteiger partial charge in [0.1, 0.15) is 5.78 Å². The topological polar surface area (TPSA) is 17.1 Å². The summed E-state index contributed by atoms with van der Waals surface area (Å²) in [5.41, 5.74) is 2.60. The van der Waals surface area contributed by atoms with Crippen molar-refractivity contribution < 1.29 is 4.79 Å². The highest BCUT2D eigenvalue weighted by atomic mass is 16.1. The predicted molar refractivity (Wildman–Crippen MR) is 68.6 cm³/mol. The van der Waals surface area contributed by atoms with Crippen LogP contribution in [0, 0.1) is 12.8 Å². The average Bonchev–Trinajstić information content (AvgIpc) is 2.28. The van der Waals surface area contributed by atoms with E-state index in [-0.39, 0.29) is 5.92 Å². The number of aryl methyl sites for hydroxylation is 2. The molecular formula is C15H22O. The SMILES string of the molecule is CCCC(C)C(=O)CCc1ccccc1C. The Morgan fingerprint density at radius 2 is 2.00 bits per heavy atom. The zero-order chi connectivity index (χ0) is 12.0. The van der Waals surface area contributed by atoms with Crippen molar-refractivity contribution in [2.75, 3.05) is 0 Å². The highest BCUT2D eigenvalue weighted by Gasteiger charge is 2.11. The largest absolute Gasteiger partial charge is 0.299 e. The average molecular weight is 218 g/mol. The molecule has 1 aromatic rings. The second-order valence-electron chi connectivity index (χ2n) is 4.58. The fraction of sp³-hybridized carbons (Fsp3) is 0.533. The summed E-state index contributed by atoms with van der Waals surface area (Å²) < 4.78 is 0. The van der Waals surface area contributed by atoms with Gasteiger partial charge in [-0.05, 0) is 30.9 Å². The summed E-state index contributed by atoms with van der Waals surface area (Å²) >= 11 is 0. The van der Waals surface area contributed by atoms with Gasteiger partial charge in [-0.15, -0.1) is 0 Å². The monoisotopic (exact) mass is 218 g/mol. The van der Waals surface area contributed by atoms with E-state index in [9.17, 15) is 4.79 Å². The summed E-state index contributed by atoms with van der Waals surface area (Å²) in [6.07, 6.45) is 3.69. The summed E-state index contributed by atoms with van der Waals surface area (Å²) in [6, 6.07) is 8.31. The predicted octanol–water partition coefficient (Wildman–Crippen LogP) is 3.93. The minimum atomic E-state index is 0.231. The van der Waals surface area contributed by atoms with Crippen LogP contribution in [0.3, 0.4) is 0 Å². The zero-order valence-corrected chi connectivity index (χ0v) is 10.6. The molecule has 1 aromatic carbocycles. The molecule has 0 N–H and O–H groups in total. The first kappa shape index (κ1) is 13.0. The maximum Gasteiger partial charge on any atom is 0.136 e. The Morgan fingerprint density at radius 3 is 2.62 bits per heavy atom. The van der Waals surface area contributed by atoms with Crippen molar-refractivity contribution in [3.8, 4) is 0 Å². The summed E-state index contributed by atoms with van der Waals surface area (Å²) in [6.45, 7) is 6.28. The van der Waals surface area contributed by atoms with Crippen molar-refractivity contribution in [1.29, 1.82) is 0 Å². The van der Waals surface area contributed by atoms with Crippen molar-refractivity contribution in [1.82, 2.24) is 0 Å². The van der Waals surface area contributed by atoms with Crippen LogP contribution < -0.4 is 0 Å². The van der Waals surface area contributed by atoms with Crippen molar-refractivity contribution in [2.45, 2.75) is 46.5 Å². The molecule has 1 nitrogen and oxygen atoms in total. The lowest BCUT2D eigenvalue weighted by atomic mass is 9.95. The third-order valence-corrected chi connectivity index (χ3v) is 3.17. The maximum atomic E-state index is 11.8. The first-order valence-corrected chi connectivity index (χ1v) is 6.22. The Morgan fingerprint density at radius 1 is 1.31 bits per heavy atom.